The van der Waals surface area contributed by atoms with E-state index in [9.17, 15) is 18.0 Å². The average molecular weight is 303 g/mol. The van der Waals surface area contributed by atoms with Gasteiger partial charge in [-0.25, -0.2) is 0 Å². The van der Waals surface area contributed by atoms with Crippen LogP contribution in [0.1, 0.15) is 25.8 Å². The van der Waals surface area contributed by atoms with Crippen LogP contribution in [0.5, 0.6) is 0 Å². The zero-order chi connectivity index (χ0) is 16.2. The molecule has 21 heavy (non-hydrogen) atoms. The molecule has 0 saturated heterocycles. The molecule has 1 amide bonds. The largest absolute Gasteiger partial charge is 0.418 e. The normalized spacial score (nSPS) is 13.3. The second-order valence-corrected chi connectivity index (χ2v) is 5.02. The van der Waals surface area contributed by atoms with Crippen molar-refractivity contribution < 1.29 is 18.0 Å². The van der Waals surface area contributed by atoms with Crippen molar-refractivity contribution in [1.29, 1.82) is 0 Å². The van der Waals surface area contributed by atoms with Gasteiger partial charge in [-0.05, 0) is 38.6 Å². The molecule has 3 N–H and O–H groups in total. The topological polar surface area (TPSA) is 58.4 Å². The molecule has 0 aliphatic heterocycles. The van der Waals surface area contributed by atoms with Gasteiger partial charge in [0.15, 0.2) is 0 Å². The quantitative estimate of drug-likeness (QED) is 0.822. The number of hydrogen-bond donors (Lipinski definition) is 2. The molecule has 0 aliphatic rings. The molecule has 0 aliphatic carbocycles. The molecule has 0 bridgehead atoms. The van der Waals surface area contributed by atoms with Gasteiger partial charge in [0.2, 0.25) is 5.91 Å². The highest BCUT2D eigenvalue weighted by Gasteiger charge is 2.33. The van der Waals surface area contributed by atoms with E-state index in [2.05, 4.69) is 5.32 Å². The Morgan fingerprint density at radius 3 is 2.57 bits per heavy atom. The predicted molar refractivity (Wildman–Crippen MR) is 76.9 cm³/mol. The molecule has 4 nitrogen and oxygen atoms in total. The minimum absolute atomic E-state index is 0.0825. The maximum Gasteiger partial charge on any atom is 0.418 e. The number of likely N-dealkylation sites (N-methyl/N-ethyl adjacent to an activating group) is 1. The molecule has 1 rings (SSSR count). The van der Waals surface area contributed by atoms with Gasteiger partial charge in [0.1, 0.15) is 0 Å². The van der Waals surface area contributed by atoms with Gasteiger partial charge in [-0.1, -0.05) is 6.92 Å². The van der Waals surface area contributed by atoms with Crippen molar-refractivity contribution in [2.45, 2.75) is 32.5 Å². The van der Waals surface area contributed by atoms with E-state index in [0.29, 0.717) is 0 Å². The van der Waals surface area contributed by atoms with Gasteiger partial charge in [0.25, 0.3) is 0 Å². The molecule has 0 saturated carbocycles. The number of anilines is 2. The number of carbonyl (C=O) groups excluding carboxylic acids is 1. The Balaban J connectivity index is 2.78. The Bertz CT molecular complexity index is 503. The molecule has 0 fully saturated rings. The van der Waals surface area contributed by atoms with E-state index >= 15 is 0 Å². The molecule has 1 aromatic rings. The Labute approximate surface area is 122 Å². The maximum absolute atomic E-state index is 12.7. The maximum atomic E-state index is 12.7. The Morgan fingerprint density at radius 1 is 1.43 bits per heavy atom. The van der Waals surface area contributed by atoms with Gasteiger partial charge in [0, 0.05) is 17.4 Å². The van der Waals surface area contributed by atoms with Gasteiger partial charge < -0.3 is 11.1 Å². The minimum Gasteiger partial charge on any atom is -0.398 e. The van der Waals surface area contributed by atoms with Gasteiger partial charge in [0.05, 0.1) is 12.1 Å². The summed E-state index contributed by atoms with van der Waals surface area (Å²) in [6.07, 6.45) is -3.66. The van der Waals surface area contributed by atoms with Crippen molar-refractivity contribution in [2.24, 2.45) is 0 Å². The number of nitrogens with two attached hydrogens (primary N) is 1. The summed E-state index contributed by atoms with van der Waals surface area (Å²) in [5, 5.41) is 2.46. The SMILES string of the molecule is CCC(C)N(C)CC(=O)Nc1ccc(N)c(C(F)(F)F)c1. The highest BCUT2D eigenvalue weighted by Crippen LogP contribution is 2.35. The number of nitrogens with zero attached hydrogens (tertiary/aromatic N) is 1. The van der Waals surface area contributed by atoms with Crippen molar-refractivity contribution in [3.8, 4) is 0 Å². The third-order valence-electron chi connectivity index (χ3n) is 3.38. The number of alkyl halides is 3. The lowest BCUT2D eigenvalue weighted by Gasteiger charge is -2.22. The van der Waals surface area contributed by atoms with Crippen molar-refractivity contribution >= 4 is 17.3 Å². The summed E-state index contributed by atoms with van der Waals surface area (Å²) in [5.41, 5.74) is 4.07. The summed E-state index contributed by atoms with van der Waals surface area (Å²) in [6.45, 7) is 4.08. The second-order valence-electron chi connectivity index (χ2n) is 5.02. The first kappa shape index (κ1) is 17.3. The summed E-state index contributed by atoms with van der Waals surface area (Å²) in [6, 6.07) is 3.55. The lowest BCUT2D eigenvalue weighted by molar-refractivity contribution is -0.136. The van der Waals surface area contributed by atoms with Gasteiger partial charge in [-0.15, -0.1) is 0 Å². The number of rotatable bonds is 5. The van der Waals surface area contributed by atoms with E-state index in [1.165, 1.54) is 6.07 Å². The third kappa shape index (κ3) is 4.93. The lowest BCUT2D eigenvalue weighted by atomic mass is 10.1. The third-order valence-corrected chi connectivity index (χ3v) is 3.38. The molecule has 1 unspecified atom stereocenters. The Kier molecular flexibility index (Phi) is 5.60. The molecule has 0 radical (unpaired) electrons. The number of halogens is 3. The number of hydrogen-bond acceptors (Lipinski definition) is 3. The Morgan fingerprint density at radius 2 is 2.05 bits per heavy atom. The van der Waals surface area contributed by atoms with Crippen LogP contribution in [0.4, 0.5) is 24.5 Å². The van der Waals surface area contributed by atoms with Crippen LogP contribution in [-0.4, -0.2) is 30.4 Å². The zero-order valence-corrected chi connectivity index (χ0v) is 12.3. The predicted octanol–water partition coefficient (Wildman–Crippen LogP) is 2.96. The van der Waals surface area contributed by atoms with E-state index in [1.54, 1.807) is 7.05 Å². The number of carbonyl (C=O) groups is 1. The van der Waals surface area contributed by atoms with Crippen LogP contribution in [0.25, 0.3) is 0 Å². The van der Waals surface area contributed by atoms with Crippen LogP contribution < -0.4 is 11.1 Å². The zero-order valence-electron chi connectivity index (χ0n) is 12.3. The van der Waals surface area contributed by atoms with E-state index in [0.717, 1.165) is 18.6 Å². The summed E-state index contributed by atoms with van der Waals surface area (Å²) in [4.78, 5) is 13.7. The first-order valence-electron chi connectivity index (χ1n) is 6.62. The molecule has 7 heteroatoms. The van der Waals surface area contributed by atoms with Crippen molar-refractivity contribution in [1.82, 2.24) is 4.90 Å². The van der Waals surface area contributed by atoms with E-state index in [-0.39, 0.29) is 29.9 Å². The van der Waals surface area contributed by atoms with Crippen molar-refractivity contribution in [3.05, 3.63) is 23.8 Å². The van der Waals surface area contributed by atoms with Gasteiger partial charge >= 0.3 is 6.18 Å². The van der Waals surface area contributed by atoms with Crippen LogP contribution >= 0.6 is 0 Å². The number of benzene rings is 1. The van der Waals surface area contributed by atoms with Crippen molar-refractivity contribution in [3.63, 3.8) is 0 Å². The highest BCUT2D eigenvalue weighted by molar-refractivity contribution is 5.92. The first-order chi connectivity index (χ1) is 9.65. The van der Waals surface area contributed by atoms with Crippen LogP contribution in [0.15, 0.2) is 18.2 Å². The molecular weight excluding hydrogens is 283 g/mol. The summed E-state index contributed by atoms with van der Waals surface area (Å²) in [5.74, 6) is -0.365. The van der Waals surface area contributed by atoms with Gasteiger partial charge in [-0.2, -0.15) is 13.2 Å². The fraction of sp³-hybridized carbons (Fsp3) is 0.500. The van der Waals surface area contributed by atoms with E-state index in [4.69, 9.17) is 5.73 Å². The fourth-order valence-corrected chi connectivity index (χ4v) is 1.77. The summed E-state index contributed by atoms with van der Waals surface area (Å²) < 4.78 is 38.2. The smallest absolute Gasteiger partial charge is 0.398 e. The average Bonchev–Trinajstić information content (AvgIpc) is 2.38. The second kappa shape index (κ2) is 6.80. The van der Waals surface area contributed by atoms with Crippen LogP contribution in [0, 0.1) is 0 Å². The molecular formula is C14H20F3N3O. The molecule has 0 aromatic heterocycles. The molecule has 1 aromatic carbocycles. The van der Waals surface area contributed by atoms with Crippen molar-refractivity contribution in [2.75, 3.05) is 24.6 Å². The van der Waals surface area contributed by atoms with Crippen LogP contribution in [0.3, 0.4) is 0 Å². The Hall–Kier alpha value is -1.76. The minimum atomic E-state index is -4.54. The lowest BCUT2D eigenvalue weighted by Crippen LogP contribution is -2.36. The molecule has 1 atom stereocenters. The van der Waals surface area contributed by atoms with Crippen LogP contribution in [0.2, 0.25) is 0 Å². The summed E-state index contributed by atoms with van der Waals surface area (Å²) >= 11 is 0. The van der Waals surface area contributed by atoms with Gasteiger partial charge in [-0.3, -0.25) is 9.69 Å². The highest BCUT2D eigenvalue weighted by atomic mass is 19.4. The fourth-order valence-electron chi connectivity index (χ4n) is 1.77. The standard InChI is InChI=1S/C14H20F3N3O/c1-4-9(2)20(3)8-13(21)19-10-5-6-12(18)11(7-10)14(15,16)17/h5-7,9H,4,8,18H2,1-3H3,(H,19,21). The van der Waals surface area contributed by atoms with E-state index in [1.807, 2.05) is 18.7 Å². The molecule has 0 heterocycles. The number of nitrogen functional groups attached to an aromatic ring is 1. The number of nitrogens with one attached hydrogen (secondary N) is 1. The molecule has 118 valence electrons. The first-order valence-corrected chi connectivity index (χ1v) is 6.62. The monoisotopic (exact) mass is 303 g/mol. The van der Waals surface area contributed by atoms with E-state index < -0.39 is 11.7 Å². The summed E-state index contributed by atoms with van der Waals surface area (Å²) in [7, 11) is 1.79. The number of amides is 1. The van der Waals surface area contributed by atoms with Crippen LogP contribution in [-0.2, 0) is 11.0 Å². The molecule has 0 spiro atoms.